The number of nitrogens with one attached hydrogen (secondary N) is 1. The van der Waals surface area contributed by atoms with Crippen LogP contribution in [0.15, 0.2) is 29.2 Å². The molecule has 0 atom stereocenters. The molecule has 0 aromatic heterocycles. The van der Waals surface area contributed by atoms with Gasteiger partial charge in [-0.25, -0.2) is 13.1 Å². The molecule has 1 N–H and O–H groups in total. The van der Waals surface area contributed by atoms with Gasteiger partial charge in [-0.2, -0.15) is 0 Å². The molecule has 100 valence electrons. The summed E-state index contributed by atoms with van der Waals surface area (Å²) < 4.78 is 27.5. The Kier molecular flexibility index (Phi) is 4.36. The number of sulfonamides is 1. The Morgan fingerprint density at radius 2 is 1.89 bits per heavy atom. The maximum Gasteiger partial charge on any atom is 0.242 e. The number of alkyl halides is 1. The van der Waals surface area contributed by atoms with E-state index in [1.54, 1.807) is 18.2 Å². The first kappa shape index (κ1) is 14.3. The van der Waals surface area contributed by atoms with Crippen molar-refractivity contribution in [3.63, 3.8) is 0 Å². The van der Waals surface area contributed by atoms with Crippen LogP contribution >= 0.6 is 27.5 Å². The van der Waals surface area contributed by atoms with E-state index < -0.39 is 10.0 Å². The van der Waals surface area contributed by atoms with Crippen molar-refractivity contribution in [2.24, 2.45) is 0 Å². The van der Waals surface area contributed by atoms with Gasteiger partial charge in [0.25, 0.3) is 0 Å². The van der Waals surface area contributed by atoms with Crippen LogP contribution < -0.4 is 4.72 Å². The minimum Gasteiger partial charge on any atom is -0.207 e. The Morgan fingerprint density at radius 3 is 2.44 bits per heavy atom. The quantitative estimate of drug-likeness (QED) is 0.845. The van der Waals surface area contributed by atoms with E-state index in [-0.39, 0.29) is 15.5 Å². The van der Waals surface area contributed by atoms with Gasteiger partial charge in [0.2, 0.25) is 10.0 Å². The van der Waals surface area contributed by atoms with E-state index in [1.165, 1.54) is 6.07 Å². The molecule has 0 radical (unpaired) electrons. The third kappa shape index (κ3) is 2.90. The Labute approximate surface area is 121 Å². The fourth-order valence-electron chi connectivity index (χ4n) is 2.32. The number of rotatable bonds is 4. The van der Waals surface area contributed by atoms with Crippen LogP contribution in [-0.2, 0) is 10.0 Å². The van der Waals surface area contributed by atoms with Gasteiger partial charge < -0.3 is 0 Å². The highest BCUT2D eigenvalue weighted by Crippen LogP contribution is 2.33. The summed E-state index contributed by atoms with van der Waals surface area (Å²) in [5.74, 6) is 0. The van der Waals surface area contributed by atoms with Crippen molar-refractivity contribution in [2.75, 3.05) is 5.33 Å². The van der Waals surface area contributed by atoms with Crippen LogP contribution in [0.25, 0.3) is 0 Å². The van der Waals surface area contributed by atoms with Gasteiger partial charge >= 0.3 is 0 Å². The van der Waals surface area contributed by atoms with Crippen LogP contribution in [0.2, 0.25) is 5.02 Å². The molecule has 1 aromatic rings. The molecule has 2 rings (SSSR count). The first-order chi connectivity index (χ1) is 8.49. The van der Waals surface area contributed by atoms with E-state index in [0.717, 1.165) is 25.7 Å². The lowest BCUT2D eigenvalue weighted by Gasteiger charge is -2.27. The second kappa shape index (κ2) is 5.49. The maximum absolute atomic E-state index is 12.4. The molecule has 1 aromatic carbocycles. The zero-order chi connectivity index (χ0) is 13.2. The number of hydrogen-bond acceptors (Lipinski definition) is 2. The van der Waals surface area contributed by atoms with Crippen molar-refractivity contribution in [2.45, 2.75) is 36.1 Å². The minimum atomic E-state index is -3.56. The fraction of sp³-hybridized carbons (Fsp3) is 0.500. The third-order valence-electron chi connectivity index (χ3n) is 3.29. The molecule has 3 nitrogen and oxygen atoms in total. The van der Waals surface area contributed by atoms with Gasteiger partial charge in [-0.3, -0.25) is 0 Å². The zero-order valence-electron chi connectivity index (χ0n) is 9.83. The average molecular weight is 353 g/mol. The summed E-state index contributed by atoms with van der Waals surface area (Å²) in [4.78, 5) is 0.152. The standard InChI is InChI=1S/C12H15BrClNO2S/c13-9-12(7-3-4-8-12)15-18(16,17)11-6-2-1-5-10(11)14/h1-2,5-6,15H,3-4,7-9H2. The molecule has 0 heterocycles. The summed E-state index contributed by atoms with van der Waals surface area (Å²) in [7, 11) is -3.56. The lowest BCUT2D eigenvalue weighted by molar-refractivity contribution is 0.438. The van der Waals surface area contributed by atoms with Crippen LogP contribution in [0.5, 0.6) is 0 Å². The topological polar surface area (TPSA) is 46.2 Å². The molecule has 6 heteroatoms. The predicted molar refractivity (Wildman–Crippen MR) is 76.8 cm³/mol. The molecule has 18 heavy (non-hydrogen) atoms. The molecule has 0 saturated heterocycles. The SMILES string of the molecule is O=S(=O)(NC1(CBr)CCCC1)c1ccccc1Cl. The lowest BCUT2D eigenvalue weighted by atomic mass is 10.0. The summed E-state index contributed by atoms with van der Waals surface area (Å²) in [6, 6.07) is 6.51. The summed E-state index contributed by atoms with van der Waals surface area (Å²) in [5, 5.41) is 0.886. The zero-order valence-corrected chi connectivity index (χ0v) is 13.0. The van der Waals surface area contributed by atoms with E-state index in [1.807, 2.05) is 0 Å². The Balaban J connectivity index is 2.30. The molecule has 1 saturated carbocycles. The van der Waals surface area contributed by atoms with E-state index in [4.69, 9.17) is 11.6 Å². The highest BCUT2D eigenvalue weighted by Gasteiger charge is 2.37. The van der Waals surface area contributed by atoms with E-state index >= 15 is 0 Å². The van der Waals surface area contributed by atoms with Crippen LogP contribution in [0, 0.1) is 0 Å². The van der Waals surface area contributed by atoms with E-state index in [0.29, 0.717) is 5.33 Å². The summed E-state index contributed by atoms with van der Waals surface area (Å²) in [6.45, 7) is 0. The first-order valence-electron chi connectivity index (χ1n) is 5.84. The lowest BCUT2D eigenvalue weighted by Crippen LogP contribution is -2.47. The smallest absolute Gasteiger partial charge is 0.207 e. The van der Waals surface area contributed by atoms with Crippen molar-refractivity contribution < 1.29 is 8.42 Å². The minimum absolute atomic E-state index is 0.152. The summed E-state index contributed by atoms with van der Waals surface area (Å²) in [6.07, 6.45) is 3.83. The molecular weight excluding hydrogens is 338 g/mol. The largest absolute Gasteiger partial charge is 0.242 e. The molecule has 0 aliphatic heterocycles. The van der Waals surface area contributed by atoms with Crippen LogP contribution in [0.1, 0.15) is 25.7 Å². The molecule has 1 aliphatic rings. The predicted octanol–water partition coefficient (Wildman–Crippen LogP) is 3.33. The molecule has 0 unspecified atom stereocenters. The van der Waals surface area contributed by atoms with Crippen LogP contribution in [-0.4, -0.2) is 19.3 Å². The van der Waals surface area contributed by atoms with Gasteiger partial charge in [0.15, 0.2) is 0 Å². The number of benzene rings is 1. The monoisotopic (exact) mass is 351 g/mol. The fourth-order valence-corrected chi connectivity index (χ4v) is 5.18. The van der Waals surface area contributed by atoms with Gasteiger partial charge in [0.05, 0.1) is 5.02 Å². The Bertz CT molecular complexity index is 527. The molecule has 0 spiro atoms. The Morgan fingerprint density at radius 1 is 1.28 bits per heavy atom. The first-order valence-corrected chi connectivity index (χ1v) is 8.82. The summed E-state index contributed by atoms with van der Waals surface area (Å²) >= 11 is 9.37. The Hall–Kier alpha value is -0.100. The molecule has 1 aliphatic carbocycles. The van der Waals surface area contributed by atoms with Gasteiger partial charge in [-0.05, 0) is 25.0 Å². The van der Waals surface area contributed by atoms with E-state index in [9.17, 15) is 8.42 Å². The second-order valence-electron chi connectivity index (χ2n) is 4.66. The van der Waals surface area contributed by atoms with Crippen molar-refractivity contribution >= 4 is 37.6 Å². The third-order valence-corrected chi connectivity index (χ3v) is 6.45. The summed E-state index contributed by atoms with van der Waals surface area (Å²) in [5.41, 5.74) is -0.363. The molecule has 0 bridgehead atoms. The normalized spacial score (nSPS) is 19.0. The van der Waals surface area contributed by atoms with Gasteiger partial charge in [0.1, 0.15) is 4.90 Å². The maximum atomic E-state index is 12.4. The van der Waals surface area contributed by atoms with Gasteiger partial charge in [-0.1, -0.05) is 52.5 Å². The highest BCUT2D eigenvalue weighted by atomic mass is 79.9. The number of hydrogen-bond donors (Lipinski definition) is 1. The highest BCUT2D eigenvalue weighted by molar-refractivity contribution is 9.09. The van der Waals surface area contributed by atoms with Gasteiger partial charge in [-0.15, -0.1) is 0 Å². The van der Waals surface area contributed by atoms with Crippen molar-refractivity contribution in [1.29, 1.82) is 0 Å². The van der Waals surface area contributed by atoms with Gasteiger partial charge in [0, 0.05) is 10.9 Å². The molecule has 1 fully saturated rings. The van der Waals surface area contributed by atoms with Crippen molar-refractivity contribution in [3.8, 4) is 0 Å². The van der Waals surface area contributed by atoms with Crippen molar-refractivity contribution in [3.05, 3.63) is 29.3 Å². The second-order valence-corrected chi connectivity index (χ2v) is 7.28. The average Bonchev–Trinajstić information content (AvgIpc) is 2.78. The molecule has 0 amide bonds. The van der Waals surface area contributed by atoms with Crippen LogP contribution in [0.3, 0.4) is 0 Å². The van der Waals surface area contributed by atoms with Crippen LogP contribution in [0.4, 0.5) is 0 Å². The number of halogens is 2. The van der Waals surface area contributed by atoms with Crippen molar-refractivity contribution in [1.82, 2.24) is 4.72 Å². The van der Waals surface area contributed by atoms with E-state index in [2.05, 4.69) is 20.7 Å². The molecular formula is C12H15BrClNO2S.